The van der Waals surface area contributed by atoms with Crippen molar-refractivity contribution < 1.29 is 0 Å². The number of hydrogen-bond donors (Lipinski definition) is 1. The first-order valence-corrected chi connectivity index (χ1v) is 10.6. The summed E-state index contributed by atoms with van der Waals surface area (Å²) >= 11 is 0. The third-order valence-electron chi connectivity index (χ3n) is 5.76. The maximum atomic E-state index is 4.97. The minimum Gasteiger partial charge on any atom is -0.340 e. The maximum Gasteiger partial charge on any atom is 0.229 e. The number of fused-ring (bicyclic) bond motifs is 1. The number of benzene rings is 2. The molecule has 30 heavy (non-hydrogen) atoms. The van der Waals surface area contributed by atoms with Crippen molar-refractivity contribution in [2.24, 2.45) is 5.92 Å². The molecule has 2 aromatic carbocycles. The molecule has 1 saturated heterocycles. The lowest BCUT2D eigenvalue weighted by molar-refractivity contribution is 0.442. The van der Waals surface area contributed by atoms with Gasteiger partial charge in [-0.3, -0.25) is 0 Å². The summed E-state index contributed by atoms with van der Waals surface area (Å²) in [6.45, 7) is 6.36. The van der Waals surface area contributed by atoms with Crippen LogP contribution in [0.2, 0.25) is 0 Å². The summed E-state index contributed by atoms with van der Waals surface area (Å²) in [6, 6.07) is 18.4. The first-order valence-electron chi connectivity index (χ1n) is 10.6. The zero-order valence-electron chi connectivity index (χ0n) is 17.4. The zero-order chi connectivity index (χ0) is 20.5. The normalized spacial score (nSPS) is 16.7. The van der Waals surface area contributed by atoms with E-state index in [1.807, 2.05) is 53.3 Å². The molecule has 4 aromatic rings. The number of para-hydroxylation sites is 2. The third kappa shape index (κ3) is 3.49. The highest BCUT2D eigenvalue weighted by atomic mass is 15.3. The van der Waals surface area contributed by atoms with E-state index in [2.05, 4.69) is 41.3 Å². The average Bonchev–Trinajstić information content (AvgIpc) is 3.20. The van der Waals surface area contributed by atoms with E-state index in [0.717, 1.165) is 47.3 Å². The average molecular weight is 399 g/mol. The Morgan fingerprint density at radius 2 is 1.80 bits per heavy atom. The Morgan fingerprint density at radius 3 is 2.60 bits per heavy atom. The molecule has 152 valence electrons. The predicted molar refractivity (Wildman–Crippen MR) is 122 cm³/mol. The highest BCUT2D eigenvalue weighted by molar-refractivity contribution is 5.90. The smallest absolute Gasteiger partial charge is 0.229 e. The summed E-state index contributed by atoms with van der Waals surface area (Å²) in [5.41, 5.74) is 4.03. The Morgan fingerprint density at radius 1 is 1.00 bits per heavy atom. The van der Waals surface area contributed by atoms with Crippen LogP contribution in [-0.4, -0.2) is 32.8 Å². The van der Waals surface area contributed by atoms with Gasteiger partial charge in [0.2, 0.25) is 5.95 Å². The molecule has 1 aliphatic rings. The van der Waals surface area contributed by atoms with Crippen molar-refractivity contribution in [3.63, 3.8) is 0 Å². The monoisotopic (exact) mass is 398 g/mol. The fourth-order valence-corrected chi connectivity index (χ4v) is 4.10. The lowest BCUT2D eigenvalue weighted by Crippen LogP contribution is -2.35. The fourth-order valence-electron chi connectivity index (χ4n) is 4.10. The maximum absolute atomic E-state index is 4.97. The standard InChI is InChI=1S/C24H26N6/c1-17-9-8-14-29(16-17)24-27-22(26-21-13-7-6-10-18(21)2)20-15-25-30(23(20)28-24)19-11-4-3-5-12-19/h3-7,10-13,15,17H,8-9,14,16H2,1-2H3,(H,26,27,28)/t17-/m0/s1. The number of aryl methyl sites for hydroxylation is 1. The van der Waals surface area contributed by atoms with E-state index in [1.165, 1.54) is 18.4 Å². The second-order valence-electron chi connectivity index (χ2n) is 8.13. The van der Waals surface area contributed by atoms with E-state index in [9.17, 15) is 0 Å². The molecule has 6 heteroatoms. The van der Waals surface area contributed by atoms with Crippen LogP contribution in [0.15, 0.2) is 60.8 Å². The van der Waals surface area contributed by atoms with Crippen LogP contribution < -0.4 is 10.2 Å². The minimum atomic E-state index is 0.643. The van der Waals surface area contributed by atoms with E-state index in [4.69, 9.17) is 9.97 Å². The first kappa shape index (κ1) is 18.6. The van der Waals surface area contributed by atoms with Crippen LogP contribution in [0.4, 0.5) is 17.5 Å². The fraction of sp³-hybridized carbons (Fsp3) is 0.292. The van der Waals surface area contributed by atoms with Gasteiger partial charge in [-0.25, -0.2) is 4.68 Å². The number of nitrogens with zero attached hydrogens (tertiary/aromatic N) is 5. The molecule has 1 fully saturated rings. The SMILES string of the molecule is Cc1ccccc1Nc1nc(N2CCC[C@H](C)C2)nc2c1cnn2-c1ccccc1. The summed E-state index contributed by atoms with van der Waals surface area (Å²) in [7, 11) is 0. The second kappa shape index (κ2) is 7.78. The van der Waals surface area contributed by atoms with Crippen molar-refractivity contribution in [2.75, 3.05) is 23.3 Å². The van der Waals surface area contributed by atoms with Gasteiger partial charge in [0.15, 0.2) is 5.65 Å². The predicted octanol–water partition coefficient (Wildman–Crippen LogP) is 5.10. The van der Waals surface area contributed by atoms with E-state index in [-0.39, 0.29) is 0 Å². The Balaban J connectivity index is 1.65. The number of anilines is 3. The Kier molecular flexibility index (Phi) is 4.83. The lowest BCUT2D eigenvalue weighted by atomic mass is 10.0. The third-order valence-corrected chi connectivity index (χ3v) is 5.76. The van der Waals surface area contributed by atoms with E-state index in [1.54, 1.807) is 0 Å². The van der Waals surface area contributed by atoms with Crippen molar-refractivity contribution in [3.05, 3.63) is 66.4 Å². The van der Waals surface area contributed by atoms with Crippen LogP contribution >= 0.6 is 0 Å². The molecule has 0 unspecified atom stereocenters. The van der Waals surface area contributed by atoms with Gasteiger partial charge < -0.3 is 10.2 Å². The van der Waals surface area contributed by atoms with Gasteiger partial charge in [-0.05, 0) is 49.4 Å². The lowest BCUT2D eigenvalue weighted by Gasteiger charge is -2.31. The molecule has 5 rings (SSSR count). The molecule has 1 atom stereocenters. The number of piperidine rings is 1. The van der Waals surface area contributed by atoms with Crippen LogP contribution in [0.5, 0.6) is 0 Å². The molecule has 0 spiro atoms. The molecule has 0 saturated carbocycles. The van der Waals surface area contributed by atoms with Crippen molar-refractivity contribution in [2.45, 2.75) is 26.7 Å². The summed E-state index contributed by atoms with van der Waals surface area (Å²) in [5.74, 6) is 2.21. The molecule has 0 radical (unpaired) electrons. The molecule has 0 aliphatic carbocycles. The molecule has 3 heterocycles. The van der Waals surface area contributed by atoms with Crippen molar-refractivity contribution in [1.82, 2.24) is 19.7 Å². The number of rotatable bonds is 4. The molecular weight excluding hydrogens is 372 g/mol. The quantitative estimate of drug-likeness (QED) is 0.518. The van der Waals surface area contributed by atoms with Gasteiger partial charge in [-0.15, -0.1) is 0 Å². The van der Waals surface area contributed by atoms with Crippen LogP contribution in [0.3, 0.4) is 0 Å². The van der Waals surface area contributed by atoms with Crippen molar-refractivity contribution >= 4 is 28.5 Å². The van der Waals surface area contributed by atoms with E-state index >= 15 is 0 Å². The minimum absolute atomic E-state index is 0.643. The van der Waals surface area contributed by atoms with Crippen LogP contribution in [0.25, 0.3) is 16.7 Å². The number of hydrogen-bond acceptors (Lipinski definition) is 5. The molecule has 0 amide bonds. The topological polar surface area (TPSA) is 58.9 Å². The van der Waals surface area contributed by atoms with Gasteiger partial charge in [0.25, 0.3) is 0 Å². The Labute approximate surface area is 176 Å². The second-order valence-corrected chi connectivity index (χ2v) is 8.13. The first-order chi connectivity index (χ1) is 14.7. The van der Waals surface area contributed by atoms with Gasteiger partial charge in [0.05, 0.1) is 17.3 Å². The summed E-state index contributed by atoms with van der Waals surface area (Å²) in [6.07, 6.45) is 4.28. The Hall–Kier alpha value is -3.41. The zero-order valence-corrected chi connectivity index (χ0v) is 17.4. The van der Waals surface area contributed by atoms with E-state index in [0.29, 0.717) is 5.92 Å². The van der Waals surface area contributed by atoms with Crippen LogP contribution in [0.1, 0.15) is 25.3 Å². The van der Waals surface area contributed by atoms with Crippen molar-refractivity contribution in [1.29, 1.82) is 0 Å². The summed E-state index contributed by atoms with van der Waals surface area (Å²) in [5, 5.41) is 9.10. The molecule has 1 aliphatic heterocycles. The van der Waals surface area contributed by atoms with Gasteiger partial charge in [-0.2, -0.15) is 15.1 Å². The van der Waals surface area contributed by atoms with Crippen molar-refractivity contribution in [3.8, 4) is 5.69 Å². The largest absolute Gasteiger partial charge is 0.340 e. The number of nitrogens with one attached hydrogen (secondary N) is 1. The summed E-state index contributed by atoms with van der Waals surface area (Å²) < 4.78 is 1.90. The van der Waals surface area contributed by atoms with Gasteiger partial charge in [0, 0.05) is 18.8 Å². The highest BCUT2D eigenvalue weighted by Gasteiger charge is 2.22. The molecular formula is C24H26N6. The molecule has 1 N–H and O–H groups in total. The van der Waals surface area contributed by atoms with Gasteiger partial charge in [-0.1, -0.05) is 43.3 Å². The summed E-state index contributed by atoms with van der Waals surface area (Å²) in [4.78, 5) is 12.2. The van der Waals surface area contributed by atoms with Gasteiger partial charge in [0.1, 0.15) is 5.82 Å². The van der Waals surface area contributed by atoms with Gasteiger partial charge >= 0.3 is 0 Å². The van der Waals surface area contributed by atoms with Crippen LogP contribution in [-0.2, 0) is 0 Å². The van der Waals surface area contributed by atoms with E-state index < -0.39 is 0 Å². The number of aromatic nitrogens is 4. The highest BCUT2D eigenvalue weighted by Crippen LogP contribution is 2.30. The molecule has 0 bridgehead atoms. The molecule has 6 nitrogen and oxygen atoms in total. The van der Waals surface area contributed by atoms with Crippen LogP contribution in [0, 0.1) is 12.8 Å². The molecule has 2 aromatic heterocycles. The Bertz CT molecular complexity index is 1170.